The molecular weight excluding hydrogens is 568 g/mol. The number of fused-ring (bicyclic) bond motifs is 6. The number of carbonyl (C=O) groups excluding carboxylic acids is 2. The highest BCUT2D eigenvalue weighted by Crippen LogP contribution is 2.42. The number of hydrogen-bond acceptors (Lipinski definition) is 7. The number of amides is 2. The quantitative estimate of drug-likeness (QED) is 0.323. The molecule has 8 nitrogen and oxygen atoms in total. The summed E-state index contributed by atoms with van der Waals surface area (Å²) in [6.07, 6.45) is 4.23. The first-order valence-electron chi connectivity index (χ1n) is 16.4. The van der Waals surface area contributed by atoms with Crippen LogP contribution in [0.1, 0.15) is 117 Å². The van der Waals surface area contributed by atoms with Crippen LogP contribution >= 0.6 is 11.9 Å². The molecular formula is C35H54N6O2S. The van der Waals surface area contributed by atoms with Crippen LogP contribution in [0.4, 0.5) is 11.6 Å². The van der Waals surface area contributed by atoms with Crippen LogP contribution in [0, 0.1) is 11.8 Å². The minimum absolute atomic E-state index is 0.139. The van der Waals surface area contributed by atoms with Gasteiger partial charge in [0.2, 0.25) is 5.91 Å². The lowest BCUT2D eigenvalue weighted by Crippen LogP contribution is -2.42. The largest absolute Gasteiger partial charge is 0.367 e. The molecule has 4 bridgehead atoms. The lowest BCUT2D eigenvalue weighted by atomic mass is 9.83. The van der Waals surface area contributed by atoms with Gasteiger partial charge in [-0.3, -0.25) is 14.3 Å². The first kappa shape index (κ1) is 34.1. The first-order chi connectivity index (χ1) is 20.6. The molecule has 4 heterocycles. The summed E-state index contributed by atoms with van der Waals surface area (Å²) < 4.78 is 3.03. The minimum atomic E-state index is -0.167. The maximum absolute atomic E-state index is 13.6. The summed E-state index contributed by atoms with van der Waals surface area (Å²) in [5.41, 5.74) is 1.28. The van der Waals surface area contributed by atoms with E-state index in [0.717, 1.165) is 49.6 Å². The number of pyridine rings is 2. The Labute approximate surface area is 269 Å². The van der Waals surface area contributed by atoms with E-state index < -0.39 is 0 Å². The zero-order valence-electron chi connectivity index (χ0n) is 28.5. The fourth-order valence-electron chi connectivity index (χ4n) is 6.91. The van der Waals surface area contributed by atoms with Crippen LogP contribution in [-0.2, 0) is 10.2 Å². The number of aromatic nitrogens is 2. The van der Waals surface area contributed by atoms with Crippen LogP contribution in [-0.4, -0.2) is 56.9 Å². The molecule has 2 aromatic heterocycles. The van der Waals surface area contributed by atoms with Gasteiger partial charge in [-0.1, -0.05) is 33.8 Å². The predicted molar refractivity (Wildman–Crippen MR) is 182 cm³/mol. The fourth-order valence-corrected chi connectivity index (χ4v) is 7.51. The second-order valence-corrected chi connectivity index (χ2v) is 15.9. The number of nitrogens with one attached hydrogen (secondary N) is 2. The molecule has 1 fully saturated rings. The topological polar surface area (TPSA) is 90.5 Å². The normalized spacial score (nSPS) is 22.1. The van der Waals surface area contributed by atoms with Crippen molar-refractivity contribution >= 4 is 35.4 Å². The highest BCUT2D eigenvalue weighted by Gasteiger charge is 2.43. The summed E-state index contributed by atoms with van der Waals surface area (Å²) in [6, 6.07) is 10.3. The van der Waals surface area contributed by atoms with Gasteiger partial charge >= 0.3 is 0 Å². The summed E-state index contributed by atoms with van der Waals surface area (Å²) in [6.45, 7) is 22.6. The zero-order valence-corrected chi connectivity index (χ0v) is 29.3. The van der Waals surface area contributed by atoms with Crippen molar-refractivity contribution in [3.63, 3.8) is 0 Å². The van der Waals surface area contributed by atoms with Crippen molar-refractivity contribution in [3.8, 4) is 0 Å². The number of anilines is 2. The van der Waals surface area contributed by atoms with Crippen LogP contribution in [0.2, 0.25) is 0 Å². The van der Waals surface area contributed by atoms with E-state index in [9.17, 15) is 9.59 Å². The van der Waals surface area contributed by atoms with Gasteiger partial charge in [0, 0.05) is 59.7 Å². The molecule has 9 heteroatoms. The molecule has 44 heavy (non-hydrogen) atoms. The lowest BCUT2D eigenvalue weighted by molar-refractivity contribution is -0.134. The van der Waals surface area contributed by atoms with Gasteiger partial charge in [0.15, 0.2) is 0 Å². The molecule has 0 spiro atoms. The van der Waals surface area contributed by atoms with E-state index in [0.29, 0.717) is 28.8 Å². The molecule has 0 radical (unpaired) electrons. The molecule has 0 saturated carbocycles. The van der Waals surface area contributed by atoms with E-state index in [1.54, 1.807) is 0 Å². The van der Waals surface area contributed by atoms with Gasteiger partial charge in [0.05, 0.1) is 5.56 Å². The van der Waals surface area contributed by atoms with E-state index in [1.165, 1.54) is 11.9 Å². The van der Waals surface area contributed by atoms with E-state index in [1.807, 2.05) is 35.2 Å². The Balaban J connectivity index is 1.64. The van der Waals surface area contributed by atoms with Gasteiger partial charge in [-0.15, -0.1) is 0 Å². The van der Waals surface area contributed by atoms with Gasteiger partial charge < -0.3 is 15.1 Å². The molecule has 2 aliphatic heterocycles. The van der Waals surface area contributed by atoms with Crippen LogP contribution in [0.15, 0.2) is 35.4 Å². The summed E-state index contributed by atoms with van der Waals surface area (Å²) in [4.78, 5) is 41.1. The summed E-state index contributed by atoms with van der Waals surface area (Å²) in [5, 5.41) is 4.43. The molecule has 2 aliphatic rings. The fraction of sp³-hybridized carbons (Fsp3) is 0.657. The third kappa shape index (κ3) is 8.06. The van der Waals surface area contributed by atoms with E-state index >= 15 is 0 Å². The standard InChI is InChI=1S/C35H54N6O2S/c1-22(2)41(23(3)4)31(42)16-11-13-26-19-24(5)25-20-35(9,10)40(21-25)32-27(17-18-28(37-32)34(6,7)8)33(43)39-44-30-15-12-14-29(36-26)38-30/h12,14-15,17-18,22-26H,11,13,16,19-21H2,1-10H3,(H,36,38)(H,39,43). The first-order valence-corrected chi connectivity index (χ1v) is 17.2. The SMILES string of the molecule is CC1CC(CCCC(=O)N(C(C)C)C(C)C)Nc2cccc(n2)SNC(=O)c2ccc(C(C)(C)C)nc2N2CC1CC2(C)C. The Bertz CT molecular complexity index is 1310. The minimum Gasteiger partial charge on any atom is -0.367 e. The van der Waals surface area contributed by atoms with Crippen molar-refractivity contribution in [1.82, 2.24) is 19.6 Å². The number of nitrogens with zero attached hydrogens (tertiary/aromatic N) is 4. The van der Waals surface area contributed by atoms with Crippen molar-refractivity contribution in [2.75, 3.05) is 16.8 Å². The van der Waals surface area contributed by atoms with Gasteiger partial charge in [-0.05, 0) is 103 Å². The molecule has 0 aromatic carbocycles. The molecule has 2 aromatic rings. The maximum Gasteiger partial charge on any atom is 0.265 e. The molecule has 1 saturated heterocycles. The summed E-state index contributed by atoms with van der Waals surface area (Å²) >= 11 is 1.23. The maximum atomic E-state index is 13.6. The van der Waals surface area contributed by atoms with Gasteiger partial charge in [0.1, 0.15) is 16.7 Å². The number of rotatable bonds is 6. The van der Waals surface area contributed by atoms with E-state index in [4.69, 9.17) is 9.97 Å². The van der Waals surface area contributed by atoms with E-state index in [2.05, 4.69) is 84.2 Å². The second-order valence-electron chi connectivity index (χ2n) is 15.0. The monoisotopic (exact) mass is 622 g/mol. The molecule has 3 unspecified atom stereocenters. The molecule has 4 rings (SSSR count). The van der Waals surface area contributed by atoms with Crippen molar-refractivity contribution in [1.29, 1.82) is 0 Å². The summed E-state index contributed by atoms with van der Waals surface area (Å²) in [5.74, 6) is 2.46. The average Bonchev–Trinajstić information content (AvgIpc) is 3.25. The molecule has 2 amide bonds. The van der Waals surface area contributed by atoms with Gasteiger partial charge in [-0.25, -0.2) is 9.97 Å². The Hall–Kier alpha value is -2.81. The van der Waals surface area contributed by atoms with Crippen LogP contribution in [0.5, 0.6) is 0 Å². The lowest BCUT2D eigenvalue weighted by Gasteiger charge is -2.34. The van der Waals surface area contributed by atoms with Crippen LogP contribution in [0.25, 0.3) is 0 Å². The third-order valence-corrected chi connectivity index (χ3v) is 9.91. The Kier molecular flexibility index (Phi) is 10.6. The van der Waals surface area contributed by atoms with Gasteiger partial charge in [0.25, 0.3) is 5.91 Å². The Morgan fingerprint density at radius 3 is 2.48 bits per heavy atom. The van der Waals surface area contributed by atoms with Crippen molar-refractivity contribution < 1.29 is 9.59 Å². The highest BCUT2D eigenvalue weighted by atomic mass is 32.2. The zero-order chi connectivity index (χ0) is 32.4. The smallest absolute Gasteiger partial charge is 0.265 e. The molecule has 0 aliphatic carbocycles. The summed E-state index contributed by atoms with van der Waals surface area (Å²) in [7, 11) is 0. The number of carbonyl (C=O) groups is 2. The van der Waals surface area contributed by atoms with Gasteiger partial charge in [-0.2, -0.15) is 0 Å². The molecule has 3 atom stereocenters. The molecule has 2 N–H and O–H groups in total. The third-order valence-electron chi connectivity index (χ3n) is 9.18. The van der Waals surface area contributed by atoms with Crippen LogP contribution in [0.3, 0.4) is 0 Å². The van der Waals surface area contributed by atoms with E-state index in [-0.39, 0.29) is 40.9 Å². The number of hydrogen-bond donors (Lipinski definition) is 2. The van der Waals surface area contributed by atoms with Crippen molar-refractivity contribution in [2.45, 2.75) is 135 Å². The molecule has 242 valence electrons. The average molecular weight is 623 g/mol. The second kappa shape index (κ2) is 13.7. The highest BCUT2D eigenvalue weighted by molar-refractivity contribution is 7.97. The van der Waals surface area contributed by atoms with Crippen LogP contribution < -0.4 is 14.9 Å². The van der Waals surface area contributed by atoms with Crippen molar-refractivity contribution in [3.05, 3.63) is 41.6 Å². The Morgan fingerprint density at radius 2 is 1.82 bits per heavy atom. The predicted octanol–water partition coefficient (Wildman–Crippen LogP) is 7.45. The Morgan fingerprint density at radius 1 is 1.11 bits per heavy atom. The van der Waals surface area contributed by atoms with Crippen molar-refractivity contribution in [2.24, 2.45) is 11.8 Å².